The summed E-state index contributed by atoms with van der Waals surface area (Å²) < 4.78 is 1.18. The summed E-state index contributed by atoms with van der Waals surface area (Å²) in [7, 11) is 0. The number of thiophene rings is 1. The number of nitrogens with zero attached hydrogens (tertiary/aromatic N) is 2. The van der Waals surface area contributed by atoms with Gasteiger partial charge in [0.25, 0.3) is 0 Å². The Morgan fingerprint density at radius 2 is 2.33 bits per heavy atom. The van der Waals surface area contributed by atoms with Crippen molar-refractivity contribution in [2.75, 3.05) is 6.54 Å². The predicted octanol–water partition coefficient (Wildman–Crippen LogP) is 3.63. The van der Waals surface area contributed by atoms with Crippen LogP contribution < -0.4 is 0 Å². The summed E-state index contributed by atoms with van der Waals surface area (Å²) in [5.41, 5.74) is 0. The van der Waals surface area contributed by atoms with Crippen LogP contribution in [0.1, 0.15) is 25.1 Å². The molecule has 0 bridgehead atoms. The molecule has 0 radical (unpaired) electrons. The van der Waals surface area contributed by atoms with E-state index in [0.717, 1.165) is 13.1 Å². The summed E-state index contributed by atoms with van der Waals surface area (Å²) in [5, 5.41) is 10.7. The van der Waals surface area contributed by atoms with Crippen molar-refractivity contribution in [1.29, 1.82) is 5.26 Å². The lowest BCUT2D eigenvalue weighted by Gasteiger charge is -2.24. The molecule has 0 atom stereocenters. The van der Waals surface area contributed by atoms with E-state index in [9.17, 15) is 0 Å². The number of nitriles is 1. The Bertz CT molecular complexity index is 341. The average molecular weight is 287 g/mol. The minimum absolute atomic E-state index is 0.479. The summed E-state index contributed by atoms with van der Waals surface area (Å²) in [5.74, 6) is 0. The van der Waals surface area contributed by atoms with Crippen LogP contribution in [-0.2, 0) is 6.54 Å². The molecule has 0 fully saturated rings. The van der Waals surface area contributed by atoms with Gasteiger partial charge in [0.05, 0.1) is 6.07 Å². The molecule has 1 heterocycles. The van der Waals surface area contributed by atoms with Gasteiger partial charge >= 0.3 is 0 Å². The van der Waals surface area contributed by atoms with Crippen molar-refractivity contribution in [3.05, 3.63) is 20.8 Å². The molecule has 15 heavy (non-hydrogen) atoms. The standard InChI is InChI=1S/C11H15BrN2S/c1-9(2)14(6-3-5-13)8-11-10(12)4-7-15-11/h4,7,9H,3,6,8H2,1-2H3. The molecule has 0 N–H and O–H groups in total. The second-order valence-corrected chi connectivity index (χ2v) is 5.52. The van der Waals surface area contributed by atoms with E-state index in [4.69, 9.17) is 5.26 Å². The molecule has 82 valence electrons. The van der Waals surface area contributed by atoms with Crippen LogP contribution >= 0.6 is 27.3 Å². The van der Waals surface area contributed by atoms with Crippen LogP contribution in [-0.4, -0.2) is 17.5 Å². The first-order chi connectivity index (χ1) is 7.15. The van der Waals surface area contributed by atoms with E-state index in [0.29, 0.717) is 12.5 Å². The summed E-state index contributed by atoms with van der Waals surface area (Å²) in [6, 6.07) is 4.75. The van der Waals surface area contributed by atoms with Gasteiger partial charge < -0.3 is 0 Å². The van der Waals surface area contributed by atoms with Crippen molar-refractivity contribution in [1.82, 2.24) is 4.90 Å². The number of hydrogen-bond donors (Lipinski definition) is 0. The van der Waals surface area contributed by atoms with E-state index >= 15 is 0 Å². The minimum Gasteiger partial charge on any atom is -0.295 e. The van der Waals surface area contributed by atoms with Crippen molar-refractivity contribution in [3.63, 3.8) is 0 Å². The van der Waals surface area contributed by atoms with Crippen LogP contribution in [0, 0.1) is 11.3 Å². The minimum atomic E-state index is 0.479. The van der Waals surface area contributed by atoms with Gasteiger partial charge in [-0.3, -0.25) is 4.90 Å². The van der Waals surface area contributed by atoms with E-state index < -0.39 is 0 Å². The fourth-order valence-corrected chi connectivity index (χ4v) is 2.84. The third kappa shape index (κ3) is 3.94. The highest BCUT2D eigenvalue weighted by molar-refractivity contribution is 9.10. The van der Waals surface area contributed by atoms with Gasteiger partial charge in [-0.15, -0.1) is 11.3 Å². The topological polar surface area (TPSA) is 27.0 Å². The molecule has 0 aliphatic heterocycles. The van der Waals surface area contributed by atoms with Gasteiger partial charge in [0.15, 0.2) is 0 Å². The second kappa shape index (κ2) is 6.26. The second-order valence-electron chi connectivity index (χ2n) is 3.66. The summed E-state index contributed by atoms with van der Waals surface area (Å²) in [6.45, 7) is 6.11. The lowest BCUT2D eigenvalue weighted by atomic mass is 10.2. The van der Waals surface area contributed by atoms with Crippen molar-refractivity contribution in [3.8, 4) is 6.07 Å². The molecule has 4 heteroatoms. The Morgan fingerprint density at radius 3 is 2.80 bits per heavy atom. The Kier molecular flexibility index (Phi) is 5.30. The Labute approximate surface area is 104 Å². The largest absolute Gasteiger partial charge is 0.295 e. The van der Waals surface area contributed by atoms with Crippen LogP contribution in [0.3, 0.4) is 0 Å². The third-order valence-corrected chi connectivity index (χ3v) is 4.19. The molecule has 1 rings (SSSR count). The SMILES string of the molecule is CC(C)N(CCC#N)Cc1sccc1Br. The van der Waals surface area contributed by atoms with Gasteiger partial charge in [0.2, 0.25) is 0 Å². The molecule has 1 aromatic rings. The summed E-state index contributed by atoms with van der Waals surface area (Å²) >= 11 is 5.29. The van der Waals surface area contributed by atoms with Gasteiger partial charge in [-0.25, -0.2) is 0 Å². The average Bonchev–Trinajstić information content (AvgIpc) is 2.58. The smallest absolute Gasteiger partial charge is 0.0635 e. The number of halogens is 1. The molecule has 0 saturated carbocycles. The summed E-state index contributed by atoms with van der Waals surface area (Å²) in [4.78, 5) is 3.65. The van der Waals surface area contributed by atoms with E-state index in [1.165, 1.54) is 9.35 Å². The van der Waals surface area contributed by atoms with Gasteiger partial charge in [-0.1, -0.05) is 0 Å². The van der Waals surface area contributed by atoms with Crippen molar-refractivity contribution in [2.45, 2.75) is 32.9 Å². The molecule has 0 amide bonds. The Hall–Kier alpha value is -0.370. The predicted molar refractivity (Wildman–Crippen MR) is 67.8 cm³/mol. The molecule has 0 unspecified atom stereocenters. The molecule has 0 spiro atoms. The Balaban J connectivity index is 2.59. The molecule has 0 saturated heterocycles. The van der Waals surface area contributed by atoms with Crippen LogP contribution in [0.4, 0.5) is 0 Å². The molecule has 1 aromatic heterocycles. The maximum absolute atomic E-state index is 8.59. The summed E-state index contributed by atoms with van der Waals surface area (Å²) in [6.07, 6.45) is 0.598. The maximum atomic E-state index is 8.59. The molecular formula is C11H15BrN2S. The van der Waals surface area contributed by atoms with Crippen LogP contribution in [0.2, 0.25) is 0 Å². The monoisotopic (exact) mass is 286 g/mol. The van der Waals surface area contributed by atoms with Gasteiger partial charge in [-0.05, 0) is 41.2 Å². The zero-order chi connectivity index (χ0) is 11.3. The number of rotatable bonds is 5. The van der Waals surface area contributed by atoms with Crippen LogP contribution in [0.5, 0.6) is 0 Å². The first-order valence-corrected chi connectivity index (χ1v) is 6.65. The fourth-order valence-electron chi connectivity index (χ4n) is 1.34. The highest BCUT2D eigenvalue weighted by atomic mass is 79.9. The fraction of sp³-hybridized carbons (Fsp3) is 0.545. The molecule has 0 aliphatic rings. The lowest BCUT2D eigenvalue weighted by Crippen LogP contribution is -2.30. The van der Waals surface area contributed by atoms with Gasteiger partial charge in [-0.2, -0.15) is 5.26 Å². The molecular weight excluding hydrogens is 272 g/mol. The number of hydrogen-bond acceptors (Lipinski definition) is 3. The first-order valence-electron chi connectivity index (χ1n) is 4.98. The van der Waals surface area contributed by atoms with Gasteiger partial charge in [0.1, 0.15) is 0 Å². The lowest BCUT2D eigenvalue weighted by molar-refractivity contribution is 0.219. The van der Waals surface area contributed by atoms with Crippen molar-refractivity contribution >= 4 is 27.3 Å². The van der Waals surface area contributed by atoms with Gasteiger partial charge in [0, 0.05) is 34.9 Å². The van der Waals surface area contributed by atoms with Crippen LogP contribution in [0.25, 0.3) is 0 Å². The zero-order valence-corrected chi connectivity index (χ0v) is 11.4. The van der Waals surface area contributed by atoms with E-state index in [1.54, 1.807) is 11.3 Å². The Morgan fingerprint density at radius 1 is 1.60 bits per heavy atom. The first kappa shape index (κ1) is 12.7. The molecule has 0 aromatic carbocycles. The highest BCUT2D eigenvalue weighted by Crippen LogP contribution is 2.24. The maximum Gasteiger partial charge on any atom is 0.0635 e. The quantitative estimate of drug-likeness (QED) is 0.826. The highest BCUT2D eigenvalue weighted by Gasteiger charge is 2.12. The molecule has 0 aliphatic carbocycles. The van der Waals surface area contributed by atoms with Crippen molar-refractivity contribution < 1.29 is 0 Å². The zero-order valence-electron chi connectivity index (χ0n) is 9.03. The third-order valence-electron chi connectivity index (χ3n) is 2.28. The van der Waals surface area contributed by atoms with Crippen LogP contribution in [0.15, 0.2) is 15.9 Å². The van der Waals surface area contributed by atoms with Crippen molar-refractivity contribution in [2.24, 2.45) is 0 Å². The van der Waals surface area contributed by atoms with E-state index in [-0.39, 0.29) is 0 Å². The molecule has 2 nitrogen and oxygen atoms in total. The van der Waals surface area contributed by atoms with E-state index in [1.807, 2.05) is 0 Å². The van der Waals surface area contributed by atoms with E-state index in [2.05, 4.69) is 52.2 Å². The normalized spacial score (nSPS) is 10.9.